The third kappa shape index (κ3) is 2.68. The summed E-state index contributed by atoms with van der Waals surface area (Å²) in [5.74, 6) is -0.101. The van der Waals surface area contributed by atoms with Crippen LogP contribution in [0.5, 0.6) is 0 Å². The number of carbonyl (C=O) groups excluding carboxylic acids is 2. The smallest absolute Gasteiger partial charge is 0.315 e. The molecule has 3 fully saturated rings. The van der Waals surface area contributed by atoms with E-state index in [9.17, 15) is 24.6 Å². The molecule has 4 bridgehead atoms. The number of rotatable bonds is 11. The molecule has 3 saturated carbocycles. The SMILES string of the molecule is CC(C)C1=C[C@H]2C[C@@]3(C=O)[C@@H]4CC[C@@H](C)[C@H]4C[C@@]2([C@H](CCCO)OCCC=O)[C@]13C(=O)O. The summed E-state index contributed by atoms with van der Waals surface area (Å²) in [6.07, 6.45) is 8.11. The van der Waals surface area contributed by atoms with Gasteiger partial charge in [-0.2, -0.15) is 0 Å². The zero-order valence-electron chi connectivity index (χ0n) is 19.6. The number of aliphatic hydroxyl groups excluding tert-OH is 1. The third-order valence-electron chi connectivity index (χ3n) is 9.75. The van der Waals surface area contributed by atoms with Crippen LogP contribution >= 0.6 is 0 Å². The Morgan fingerprint density at radius 1 is 1.28 bits per heavy atom. The van der Waals surface area contributed by atoms with Gasteiger partial charge < -0.3 is 24.5 Å². The number of carboxylic acid groups (broad SMARTS) is 1. The molecule has 4 aliphatic carbocycles. The molecule has 6 nitrogen and oxygen atoms in total. The monoisotopic (exact) mass is 446 g/mol. The Morgan fingerprint density at radius 2 is 2.03 bits per heavy atom. The maximum absolute atomic E-state index is 13.5. The number of ether oxygens (including phenoxy) is 1. The standard InChI is InChI=1S/C26H38O6/c1-16(2)21-12-18-13-24(15-29)20-8-7-17(3)19(20)14-25(18,26(21,24)23(30)31)22(6-4-9-27)32-11-5-10-28/h10,12,15-20,22,27H,4-9,11,13-14H2,1-3H3,(H,30,31)/t17-,18+,19-,20-,22+,24-,25-,26+/m1/s1. The summed E-state index contributed by atoms with van der Waals surface area (Å²) in [7, 11) is 0. The maximum Gasteiger partial charge on any atom is 0.315 e. The second kappa shape index (κ2) is 8.35. The van der Waals surface area contributed by atoms with Gasteiger partial charge in [0.2, 0.25) is 0 Å². The van der Waals surface area contributed by atoms with Gasteiger partial charge in [0.1, 0.15) is 18.0 Å². The van der Waals surface area contributed by atoms with Gasteiger partial charge in [-0.1, -0.05) is 38.8 Å². The van der Waals surface area contributed by atoms with Gasteiger partial charge in [0.05, 0.1) is 18.1 Å². The van der Waals surface area contributed by atoms with Gasteiger partial charge >= 0.3 is 5.97 Å². The van der Waals surface area contributed by atoms with E-state index in [4.69, 9.17) is 4.74 Å². The Labute approximate surface area is 190 Å². The van der Waals surface area contributed by atoms with Crippen molar-refractivity contribution in [3.63, 3.8) is 0 Å². The van der Waals surface area contributed by atoms with Crippen molar-refractivity contribution in [1.82, 2.24) is 0 Å². The Kier molecular flexibility index (Phi) is 6.17. The van der Waals surface area contributed by atoms with E-state index in [0.29, 0.717) is 31.1 Å². The van der Waals surface area contributed by atoms with Crippen molar-refractivity contribution in [2.24, 2.45) is 45.8 Å². The maximum atomic E-state index is 13.5. The minimum Gasteiger partial charge on any atom is -0.481 e. The largest absolute Gasteiger partial charge is 0.481 e. The highest BCUT2D eigenvalue weighted by Gasteiger charge is 2.85. The van der Waals surface area contributed by atoms with E-state index in [2.05, 4.69) is 13.0 Å². The number of fused-ring (bicyclic) bond motifs is 2. The van der Waals surface area contributed by atoms with Gasteiger partial charge in [0.25, 0.3) is 0 Å². The molecule has 8 atom stereocenters. The fourth-order valence-electron chi connectivity index (χ4n) is 8.88. The van der Waals surface area contributed by atoms with Crippen molar-refractivity contribution in [1.29, 1.82) is 0 Å². The third-order valence-corrected chi connectivity index (χ3v) is 9.75. The zero-order valence-corrected chi connectivity index (χ0v) is 19.6. The van der Waals surface area contributed by atoms with Crippen molar-refractivity contribution in [3.8, 4) is 0 Å². The fraction of sp³-hybridized carbons (Fsp3) is 0.808. The predicted octanol–water partition coefficient (Wildman–Crippen LogP) is 3.66. The van der Waals surface area contributed by atoms with Crippen LogP contribution in [0.4, 0.5) is 0 Å². The van der Waals surface area contributed by atoms with Crippen LogP contribution in [0.2, 0.25) is 0 Å². The van der Waals surface area contributed by atoms with Crippen molar-refractivity contribution in [2.75, 3.05) is 13.2 Å². The number of carbonyl (C=O) groups is 3. The molecule has 0 amide bonds. The minimum absolute atomic E-state index is 0.000104. The van der Waals surface area contributed by atoms with Gasteiger partial charge in [-0.25, -0.2) is 0 Å². The first kappa shape index (κ1) is 23.6. The molecule has 178 valence electrons. The molecule has 32 heavy (non-hydrogen) atoms. The molecule has 0 aromatic carbocycles. The fourth-order valence-corrected chi connectivity index (χ4v) is 8.88. The highest BCUT2D eigenvalue weighted by Crippen LogP contribution is 2.83. The van der Waals surface area contributed by atoms with E-state index in [1.165, 1.54) is 0 Å². The van der Waals surface area contributed by atoms with Crippen molar-refractivity contribution >= 4 is 18.5 Å². The molecule has 6 heteroatoms. The van der Waals surface area contributed by atoms with Crippen LogP contribution < -0.4 is 0 Å². The lowest BCUT2D eigenvalue weighted by molar-refractivity contribution is -0.200. The van der Waals surface area contributed by atoms with Crippen molar-refractivity contribution in [3.05, 3.63) is 11.6 Å². The Bertz CT molecular complexity index is 804. The summed E-state index contributed by atoms with van der Waals surface area (Å²) >= 11 is 0. The summed E-state index contributed by atoms with van der Waals surface area (Å²) in [6, 6.07) is 0. The Balaban J connectivity index is 1.95. The second-order valence-corrected chi connectivity index (χ2v) is 11.1. The van der Waals surface area contributed by atoms with Gasteiger partial charge in [0.15, 0.2) is 0 Å². The number of aliphatic carboxylic acids is 1. The van der Waals surface area contributed by atoms with E-state index in [1.807, 2.05) is 13.8 Å². The molecule has 0 radical (unpaired) electrons. The van der Waals surface area contributed by atoms with E-state index in [0.717, 1.165) is 37.4 Å². The van der Waals surface area contributed by atoms with Gasteiger partial charge in [-0.05, 0) is 61.7 Å². The molecule has 0 aromatic rings. The molecule has 0 saturated heterocycles. The van der Waals surface area contributed by atoms with E-state index in [-0.39, 0.29) is 37.4 Å². The van der Waals surface area contributed by atoms with Crippen LogP contribution in [0.15, 0.2) is 11.6 Å². The number of aldehydes is 2. The quantitative estimate of drug-likeness (QED) is 0.285. The topological polar surface area (TPSA) is 101 Å². The first-order chi connectivity index (χ1) is 15.3. The number of hydrogen-bond acceptors (Lipinski definition) is 5. The molecule has 2 N–H and O–H groups in total. The van der Waals surface area contributed by atoms with Crippen LogP contribution in [0.3, 0.4) is 0 Å². The van der Waals surface area contributed by atoms with Crippen LogP contribution in [0.1, 0.15) is 65.7 Å². The lowest BCUT2D eigenvalue weighted by atomic mass is 9.41. The zero-order chi connectivity index (χ0) is 23.3. The van der Waals surface area contributed by atoms with Crippen LogP contribution in [0.25, 0.3) is 0 Å². The second-order valence-electron chi connectivity index (χ2n) is 11.1. The predicted molar refractivity (Wildman–Crippen MR) is 119 cm³/mol. The molecule has 0 spiro atoms. The molecule has 0 aromatic heterocycles. The lowest BCUT2D eigenvalue weighted by Crippen LogP contribution is -2.65. The first-order valence-corrected chi connectivity index (χ1v) is 12.4. The minimum atomic E-state index is -1.28. The number of allylic oxidation sites excluding steroid dienone is 1. The summed E-state index contributed by atoms with van der Waals surface area (Å²) in [5, 5.41) is 20.7. The van der Waals surface area contributed by atoms with Crippen LogP contribution in [-0.4, -0.2) is 48.1 Å². The van der Waals surface area contributed by atoms with E-state index >= 15 is 0 Å². The molecular formula is C26H38O6. The number of carboxylic acids is 1. The van der Waals surface area contributed by atoms with Crippen molar-refractivity contribution in [2.45, 2.75) is 71.8 Å². The Hall–Kier alpha value is -1.53. The van der Waals surface area contributed by atoms with Crippen LogP contribution in [-0.2, 0) is 19.1 Å². The highest BCUT2D eigenvalue weighted by molar-refractivity contribution is 5.90. The molecule has 0 aliphatic heterocycles. The normalized spacial score (nSPS) is 42.6. The summed E-state index contributed by atoms with van der Waals surface area (Å²) in [5.41, 5.74) is -2.04. The molecule has 0 unspecified atom stereocenters. The van der Waals surface area contributed by atoms with Gasteiger partial charge in [-0.3, -0.25) is 4.79 Å². The molecule has 4 rings (SSSR count). The average Bonchev–Trinajstić information content (AvgIpc) is 3.34. The number of hydrogen-bond donors (Lipinski definition) is 2. The average molecular weight is 447 g/mol. The van der Waals surface area contributed by atoms with E-state index in [1.54, 1.807) is 0 Å². The van der Waals surface area contributed by atoms with Gasteiger partial charge in [-0.15, -0.1) is 0 Å². The summed E-state index contributed by atoms with van der Waals surface area (Å²) < 4.78 is 6.35. The number of aliphatic hydroxyl groups is 1. The van der Waals surface area contributed by atoms with E-state index < -0.39 is 28.3 Å². The molecule has 4 aliphatic rings. The summed E-state index contributed by atoms with van der Waals surface area (Å²) in [6.45, 7) is 6.54. The lowest BCUT2D eigenvalue weighted by Gasteiger charge is -2.60. The van der Waals surface area contributed by atoms with Crippen LogP contribution in [0, 0.1) is 45.8 Å². The van der Waals surface area contributed by atoms with Gasteiger partial charge in [0, 0.05) is 18.4 Å². The highest BCUT2D eigenvalue weighted by atomic mass is 16.5. The Morgan fingerprint density at radius 3 is 2.62 bits per heavy atom. The van der Waals surface area contributed by atoms with Crippen molar-refractivity contribution < 1.29 is 29.3 Å². The summed E-state index contributed by atoms with van der Waals surface area (Å²) in [4.78, 5) is 37.6. The first-order valence-electron chi connectivity index (χ1n) is 12.4. The molecular weight excluding hydrogens is 408 g/mol. The molecule has 0 heterocycles.